The summed E-state index contributed by atoms with van der Waals surface area (Å²) in [4.78, 5) is 6.34. The van der Waals surface area contributed by atoms with E-state index in [0.717, 1.165) is 25.6 Å². The van der Waals surface area contributed by atoms with Crippen LogP contribution in [0, 0.1) is 0 Å². The number of hydrogen-bond donors (Lipinski definition) is 1. The van der Waals surface area contributed by atoms with Gasteiger partial charge in [-0.15, -0.1) is 0 Å². The first-order valence-electron chi connectivity index (χ1n) is 4.39. The van der Waals surface area contributed by atoms with Gasteiger partial charge in [-0.1, -0.05) is 0 Å². The van der Waals surface area contributed by atoms with Crippen molar-refractivity contribution < 1.29 is 0 Å². The smallest absolute Gasteiger partial charge is 0.191 e. The van der Waals surface area contributed by atoms with Crippen molar-refractivity contribution in [2.75, 3.05) is 19.6 Å². The SMILES string of the molecule is CCN=C(N)N1CCCCC1. The predicted molar refractivity (Wildman–Crippen MR) is 47.6 cm³/mol. The van der Waals surface area contributed by atoms with Crippen molar-refractivity contribution in [3.05, 3.63) is 0 Å². The van der Waals surface area contributed by atoms with E-state index in [0.29, 0.717) is 0 Å². The lowest BCUT2D eigenvalue weighted by Gasteiger charge is -2.27. The molecule has 0 bridgehead atoms. The molecule has 0 amide bonds. The molecule has 11 heavy (non-hydrogen) atoms. The fraction of sp³-hybridized carbons (Fsp3) is 0.875. The molecular formula is C8H17N3. The van der Waals surface area contributed by atoms with E-state index in [1.165, 1.54) is 19.3 Å². The number of nitrogens with zero attached hydrogens (tertiary/aromatic N) is 2. The van der Waals surface area contributed by atoms with E-state index < -0.39 is 0 Å². The van der Waals surface area contributed by atoms with E-state index in [1.807, 2.05) is 6.92 Å². The third-order valence-corrected chi connectivity index (χ3v) is 2.00. The molecule has 1 rings (SSSR count). The highest BCUT2D eigenvalue weighted by atomic mass is 15.2. The number of likely N-dealkylation sites (tertiary alicyclic amines) is 1. The molecule has 1 aliphatic heterocycles. The Morgan fingerprint density at radius 2 is 2.00 bits per heavy atom. The number of piperidine rings is 1. The highest BCUT2D eigenvalue weighted by Crippen LogP contribution is 2.07. The fourth-order valence-corrected chi connectivity index (χ4v) is 1.39. The van der Waals surface area contributed by atoms with Crippen LogP contribution in [-0.4, -0.2) is 30.5 Å². The minimum Gasteiger partial charge on any atom is -0.370 e. The maximum absolute atomic E-state index is 5.73. The van der Waals surface area contributed by atoms with Crippen LogP contribution >= 0.6 is 0 Å². The molecule has 2 N–H and O–H groups in total. The molecule has 0 aromatic heterocycles. The van der Waals surface area contributed by atoms with E-state index in [2.05, 4.69) is 9.89 Å². The summed E-state index contributed by atoms with van der Waals surface area (Å²) in [7, 11) is 0. The summed E-state index contributed by atoms with van der Waals surface area (Å²) in [6.07, 6.45) is 3.87. The molecule has 1 heterocycles. The number of hydrogen-bond acceptors (Lipinski definition) is 1. The lowest BCUT2D eigenvalue weighted by Crippen LogP contribution is -2.40. The zero-order valence-electron chi connectivity index (χ0n) is 7.21. The molecule has 0 spiro atoms. The van der Waals surface area contributed by atoms with Gasteiger partial charge in [0.25, 0.3) is 0 Å². The Morgan fingerprint density at radius 3 is 2.55 bits per heavy atom. The van der Waals surface area contributed by atoms with Crippen LogP contribution in [0.1, 0.15) is 26.2 Å². The Labute approximate surface area is 68.3 Å². The fourth-order valence-electron chi connectivity index (χ4n) is 1.39. The summed E-state index contributed by atoms with van der Waals surface area (Å²) in [6.45, 7) is 4.99. The normalized spacial score (nSPS) is 20.5. The van der Waals surface area contributed by atoms with Gasteiger partial charge >= 0.3 is 0 Å². The third kappa shape index (κ3) is 2.41. The predicted octanol–water partition coefficient (Wildman–Crippen LogP) is 0.807. The number of rotatable bonds is 1. The Bertz CT molecular complexity index is 136. The monoisotopic (exact) mass is 155 g/mol. The number of guanidine groups is 1. The maximum Gasteiger partial charge on any atom is 0.191 e. The summed E-state index contributed by atoms with van der Waals surface area (Å²) in [5.41, 5.74) is 5.73. The average molecular weight is 155 g/mol. The highest BCUT2D eigenvalue weighted by molar-refractivity contribution is 5.78. The van der Waals surface area contributed by atoms with Gasteiger partial charge in [-0.05, 0) is 26.2 Å². The van der Waals surface area contributed by atoms with Crippen molar-refractivity contribution in [1.82, 2.24) is 4.90 Å². The highest BCUT2D eigenvalue weighted by Gasteiger charge is 2.10. The van der Waals surface area contributed by atoms with E-state index in [1.54, 1.807) is 0 Å². The molecule has 1 fully saturated rings. The molecule has 0 aliphatic carbocycles. The molecule has 1 aliphatic rings. The summed E-state index contributed by atoms with van der Waals surface area (Å²) in [5, 5.41) is 0. The minimum absolute atomic E-state index is 0.729. The van der Waals surface area contributed by atoms with Gasteiger partial charge in [-0.3, -0.25) is 4.99 Å². The minimum atomic E-state index is 0.729. The Morgan fingerprint density at radius 1 is 1.36 bits per heavy atom. The average Bonchev–Trinajstić information content (AvgIpc) is 2.07. The van der Waals surface area contributed by atoms with Crippen molar-refractivity contribution in [1.29, 1.82) is 0 Å². The van der Waals surface area contributed by atoms with Crippen molar-refractivity contribution in [2.45, 2.75) is 26.2 Å². The van der Waals surface area contributed by atoms with Crippen LogP contribution in [-0.2, 0) is 0 Å². The molecular weight excluding hydrogens is 138 g/mol. The first-order valence-corrected chi connectivity index (χ1v) is 4.39. The number of nitrogens with two attached hydrogens (primary N) is 1. The maximum atomic E-state index is 5.73. The molecule has 0 aromatic carbocycles. The molecule has 0 atom stereocenters. The van der Waals surface area contributed by atoms with Crippen LogP contribution in [0.25, 0.3) is 0 Å². The van der Waals surface area contributed by atoms with Gasteiger partial charge < -0.3 is 10.6 Å². The standard InChI is InChI=1S/C8H17N3/c1-2-10-8(9)11-6-4-3-5-7-11/h2-7H2,1H3,(H2,9,10). The summed E-state index contributed by atoms with van der Waals surface area (Å²) in [5.74, 6) is 0.729. The third-order valence-electron chi connectivity index (χ3n) is 2.00. The van der Waals surface area contributed by atoms with Gasteiger partial charge in [0.1, 0.15) is 0 Å². The number of aliphatic imine (C=N–C) groups is 1. The molecule has 3 heteroatoms. The van der Waals surface area contributed by atoms with Gasteiger partial charge in [-0.2, -0.15) is 0 Å². The van der Waals surface area contributed by atoms with Gasteiger partial charge in [0, 0.05) is 19.6 Å². The van der Waals surface area contributed by atoms with Crippen molar-refractivity contribution in [2.24, 2.45) is 10.7 Å². The molecule has 64 valence electrons. The summed E-state index contributed by atoms with van der Waals surface area (Å²) < 4.78 is 0. The topological polar surface area (TPSA) is 41.6 Å². The second kappa shape index (κ2) is 4.21. The van der Waals surface area contributed by atoms with E-state index in [-0.39, 0.29) is 0 Å². The second-order valence-electron chi connectivity index (χ2n) is 2.88. The van der Waals surface area contributed by atoms with E-state index >= 15 is 0 Å². The summed E-state index contributed by atoms with van der Waals surface area (Å²) in [6, 6.07) is 0. The van der Waals surface area contributed by atoms with Crippen LogP contribution < -0.4 is 5.73 Å². The van der Waals surface area contributed by atoms with Crippen LogP contribution in [0.15, 0.2) is 4.99 Å². The molecule has 0 saturated carbocycles. The molecule has 0 radical (unpaired) electrons. The van der Waals surface area contributed by atoms with Crippen molar-refractivity contribution in [3.63, 3.8) is 0 Å². The van der Waals surface area contributed by atoms with Crippen LogP contribution in [0.2, 0.25) is 0 Å². The summed E-state index contributed by atoms with van der Waals surface area (Å²) >= 11 is 0. The van der Waals surface area contributed by atoms with E-state index in [9.17, 15) is 0 Å². The zero-order valence-corrected chi connectivity index (χ0v) is 7.21. The quantitative estimate of drug-likeness (QED) is 0.449. The van der Waals surface area contributed by atoms with Crippen LogP contribution in [0.5, 0.6) is 0 Å². The first kappa shape index (κ1) is 8.37. The van der Waals surface area contributed by atoms with Gasteiger partial charge in [0.2, 0.25) is 0 Å². The largest absolute Gasteiger partial charge is 0.370 e. The van der Waals surface area contributed by atoms with E-state index in [4.69, 9.17) is 5.73 Å². The Kier molecular flexibility index (Phi) is 3.20. The van der Waals surface area contributed by atoms with Crippen LogP contribution in [0.4, 0.5) is 0 Å². The molecule has 0 unspecified atom stereocenters. The van der Waals surface area contributed by atoms with Crippen LogP contribution in [0.3, 0.4) is 0 Å². The Balaban J connectivity index is 2.38. The molecule has 0 aromatic rings. The van der Waals surface area contributed by atoms with Crippen molar-refractivity contribution in [3.8, 4) is 0 Å². The Hall–Kier alpha value is -0.730. The van der Waals surface area contributed by atoms with Gasteiger partial charge in [0.15, 0.2) is 5.96 Å². The molecule has 3 nitrogen and oxygen atoms in total. The van der Waals surface area contributed by atoms with Gasteiger partial charge in [0.05, 0.1) is 0 Å². The lowest BCUT2D eigenvalue weighted by atomic mass is 10.1. The molecule has 1 saturated heterocycles. The second-order valence-corrected chi connectivity index (χ2v) is 2.88. The van der Waals surface area contributed by atoms with Gasteiger partial charge in [-0.25, -0.2) is 0 Å². The zero-order chi connectivity index (χ0) is 8.10. The first-order chi connectivity index (χ1) is 5.34. The van der Waals surface area contributed by atoms with Crippen molar-refractivity contribution >= 4 is 5.96 Å². The lowest BCUT2D eigenvalue weighted by molar-refractivity contribution is 0.338.